The smallest absolute Gasteiger partial charge is 0.408 e. The van der Waals surface area contributed by atoms with E-state index in [-0.39, 0.29) is 19.4 Å². The number of alkyl carbamates (subject to hydrolysis) is 1. The van der Waals surface area contributed by atoms with Gasteiger partial charge in [0.05, 0.1) is 23.3 Å². The first-order valence-electron chi connectivity index (χ1n) is 16.2. The molecule has 0 fully saturated rings. The van der Waals surface area contributed by atoms with Crippen LogP contribution in [0.1, 0.15) is 44.4 Å². The molecule has 4 rings (SSSR count). The number of carbonyl (C=O) groups excluding carboxylic acids is 4. The van der Waals surface area contributed by atoms with Crippen molar-refractivity contribution >= 4 is 73.3 Å². The molecule has 4 aromatic rings. The molecule has 14 heteroatoms. The van der Waals surface area contributed by atoms with E-state index in [9.17, 15) is 19.2 Å². The first-order chi connectivity index (χ1) is 24.2. The maximum Gasteiger partial charge on any atom is 0.408 e. The third kappa shape index (κ3) is 11.2. The minimum absolute atomic E-state index is 0.121. The van der Waals surface area contributed by atoms with Gasteiger partial charge in [-0.1, -0.05) is 48.5 Å². The Balaban J connectivity index is 1.59. The second-order valence-corrected chi connectivity index (χ2v) is 14.9. The zero-order chi connectivity index (χ0) is 37.3. The van der Waals surface area contributed by atoms with Crippen LogP contribution in [0.3, 0.4) is 0 Å². The third-order valence-corrected chi connectivity index (χ3v) is 9.44. The van der Waals surface area contributed by atoms with Crippen molar-refractivity contribution in [1.29, 1.82) is 0 Å². The van der Waals surface area contributed by atoms with E-state index in [0.717, 1.165) is 35.6 Å². The molecule has 0 aliphatic heterocycles. The number of amides is 3. The van der Waals surface area contributed by atoms with E-state index in [1.165, 1.54) is 12.1 Å². The van der Waals surface area contributed by atoms with Crippen LogP contribution in [0.2, 0.25) is 0 Å². The number of esters is 1. The first-order valence-corrected chi connectivity index (χ1v) is 18.1. The van der Waals surface area contributed by atoms with Gasteiger partial charge < -0.3 is 29.8 Å². The monoisotopic (exact) mass is 875 g/mol. The normalized spacial score (nSPS) is 13.2. The van der Waals surface area contributed by atoms with Gasteiger partial charge in [0.1, 0.15) is 29.5 Å². The molecule has 3 aromatic carbocycles. The number of aromatic nitrogens is 1. The maximum absolute atomic E-state index is 14.1. The minimum atomic E-state index is -1.08. The first kappa shape index (κ1) is 39.6. The van der Waals surface area contributed by atoms with Crippen molar-refractivity contribution in [3.8, 4) is 5.75 Å². The molecule has 3 atom stereocenters. The highest BCUT2D eigenvalue weighted by Crippen LogP contribution is 2.27. The summed E-state index contributed by atoms with van der Waals surface area (Å²) < 4.78 is 17.6. The summed E-state index contributed by atoms with van der Waals surface area (Å²) in [6.45, 7) is 6.95. The zero-order valence-corrected chi connectivity index (χ0v) is 33.1. The predicted octanol–water partition coefficient (Wildman–Crippen LogP) is 5.80. The summed E-state index contributed by atoms with van der Waals surface area (Å²) in [6, 6.07) is 17.4. The van der Waals surface area contributed by atoms with E-state index in [1.54, 1.807) is 47.1 Å². The lowest BCUT2D eigenvalue weighted by Crippen LogP contribution is -2.59. The van der Waals surface area contributed by atoms with Gasteiger partial charge in [0, 0.05) is 35.4 Å². The van der Waals surface area contributed by atoms with E-state index in [0.29, 0.717) is 5.75 Å². The molecule has 3 amide bonds. The molecule has 0 bridgehead atoms. The van der Waals surface area contributed by atoms with Gasteiger partial charge in [-0.25, -0.2) is 14.6 Å². The van der Waals surface area contributed by atoms with Crippen molar-refractivity contribution in [3.05, 3.63) is 97.7 Å². The quantitative estimate of drug-likeness (QED) is 0.0706. The van der Waals surface area contributed by atoms with E-state index >= 15 is 0 Å². The number of fused-ring (bicyclic) bond motifs is 1. The number of H-pyrrole nitrogens is 1. The minimum Gasteiger partial charge on any atom is -0.496 e. The summed E-state index contributed by atoms with van der Waals surface area (Å²) in [7, 11) is 2.84. The fourth-order valence-corrected chi connectivity index (χ4v) is 6.62. The summed E-state index contributed by atoms with van der Waals surface area (Å²) >= 11 is 5.68. The summed E-state index contributed by atoms with van der Waals surface area (Å²) in [5.74, 6) is -1.04. The van der Waals surface area contributed by atoms with Crippen molar-refractivity contribution in [2.75, 3.05) is 14.2 Å². The van der Waals surface area contributed by atoms with Gasteiger partial charge in [-0.2, -0.15) is 0 Å². The number of nitrogens with one attached hydrogen (secondary N) is 4. The predicted molar refractivity (Wildman–Crippen MR) is 206 cm³/mol. The molecule has 51 heavy (non-hydrogen) atoms. The van der Waals surface area contributed by atoms with Crippen LogP contribution in [0.25, 0.3) is 10.9 Å². The number of methoxy groups -OCH3 is 2. The van der Waals surface area contributed by atoms with E-state index in [4.69, 9.17) is 14.2 Å². The Morgan fingerprint density at radius 1 is 0.902 bits per heavy atom. The molecule has 0 unspecified atom stereocenters. The van der Waals surface area contributed by atoms with Gasteiger partial charge in [-0.15, -0.1) is 0 Å². The summed E-state index contributed by atoms with van der Waals surface area (Å²) in [4.78, 5) is 57.1. The number of hydrogen-bond donors (Lipinski definition) is 4. The second kappa shape index (κ2) is 17.9. The molecule has 0 aliphatic carbocycles. The van der Waals surface area contributed by atoms with Crippen LogP contribution >= 0.6 is 38.5 Å². The Kier molecular flexibility index (Phi) is 13.9. The average molecular weight is 877 g/mol. The van der Waals surface area contributed by atoms with Crippen LogP contribution in [0.4, 0.5) is 4.79 Å². The van der Waals surface area contributed by atoms with Crippen molar-refractivity contribution in [1.82, 2.24) is 26.1 Å². The lowest BCUT2D eigenvalue weighted by Gasteiger charge is -2.31. The summed E-state index contributed by atoms with van der Waals surface area (Å²) in [5.41, 5.74) is 5.33. The fourth-order valence-electron chi connectivity index (χ4n) is 5.34. The van der Waals surface area contributed by atoms with Gasteiger partial charge in [-0.05, 0) is 101 Å². The number of aromatic amines is 1. The van der Waals surface area contributed by atoms with Crippen LogP contribution in [-0.4, -0.2) is 71.8 Å². The molecule has 272 valence electrons. The maximum atomic E-state index is 14.1. The van der Waals surface area contributed by atoms with Crippen molar-refractivity contribution < 1.29 is 33.4 Å². The molecule has 0 radical (unpaired) electrons. The largest absolute Gasteiger partial charge is 0.496 e. The number of ether oxygens (including phenoxy) is 3. The summed E-state index contributed by atoms with van der Waals surface area (Å²) in [5, 5.41) is 7.91. The highest BCUT2D eigenvalue weighted by atomic mass is 127. The molecule has 0 saturated carbocycles. The highest BCUT2D eigenvalue weighted by Gasteiger charge is 2.32. The average Bonchev–Trinajstić information content (AvgIpc) is 3.50. The van der Waals surface area contributed by atoms with Gasteiger partial charge in [-0.3, -0.25) is 15.0 Å². The standard InChI is InChI=1S/C37H43BrIN5O7/c1-22(33(45)41-30(35(47)50-6)19-25-20-40-32-26(25)13-10-14-27(32)38)44(21-23-11-8-7-9-12-23)43-34(46)29(42-36(48)51-37(2,3)4)18-24-15-16-31(49-5)28(39)17-24/h7-17,20,22,29-30,40H,18-19,21H2,1-6H3,(H,41,45)(H,42,48)(H,43,46)/t22-,29-,30-/m0/s1. The number of para-hydroxylation sites is 1. The molecule has 0 saturated heterocycles. The van der Waals surface area contributed by atoms with Gasteiger partial charge in [0.2, 0.25) is 5.91 Å². The molecule has 4 N–H and O–H groups in total. The van der Waals surface area contributed by atoms with Crippen LogP contribution in [-0.2, 0) is 43.2 Å². The molecular weight excluding hydrogens is 833 g/mol. The number of benzene rings is 3. The van der Waals surface area contributed by atoms with Crippen molar-refractivity contribution in [2.45, 2.75) is 70.8 Å². The SMILES string of the molecule is COC(=O)[C@H](Cc1c[nH]c2c(Br)cccc12)NC(=O)[C@H](C)N(Cc1ccccc1)NC(=O)[C@H](Cc1ccc(OC)c(I)c1)NC(=O)OC(C)(C)C. The Bertz CT molecular complexity index is 1850. The van der Waals surface area contributed by atoms with Gasteiger partial charge in [0.15, 0.2) is 0 Å². The lowest BCUT2D eigenvalue weighted by molar-refractivity contribution is -0.146. The number of rotatable bonds is 14. The molecule has 1 heterocycles. The molecular formula is C37H43BrIN5O7. The van der Waals surface area contributed by atoms with Crippen LogP contribution in [0.15, 0.2) is 77.4 Å². The van der Waals surface area contributed by atoms with Gasteiger partial charge in [0.25, 0.3) is 5.91 Å². The Labute approximate surface area is 319 Å². The Hall–Kier alpha value is -4.15. The van der Waals surface area contributed by atoms with E-state index < -0.39 is 47.6 Å². The fraction of sp³-hybridized carbons (Fsp3) is 0.351. The Morgan fingerprint density at radius 2 is 1.63 bits per heavy atom. The number of halogens is 2. The van der Waals surface area contributed by atoms with Crippen molar-refractivity contribution in [3.63, 3.8) is 0 Å². The molecule has 0 aliphatic rings. The van der Waals surface area contributed by atoms with Gasteiger partial charge >= 0.3 is 12.1 Å². The third-order valence-electron chi connectivity index (χ3n) is 7.94. The topological polar surface area (TPSA) is 151 Å². The van der Waals surface area contributed by atoms with Crippen LogP contribution < -0.4 is 20.8 Å². The van der Waals surface area contributed by atoms with E-state index in [1.807, 2.05) is 60.7 Å². The molecule has 1 aromatic heterocycles. The molecule has 12 nitrogen and oxygen atoms in total. The Morgan fingerprint density at radius 3 is 2.27 bits per heavy atom. The second-order valence-electron chi connectivity index (χ2n) is 12.9. The summed E-state index contributed by atoms with van der Waals surface area (Å²) in [6.07, 6.45) is 1.31. The van der Waals surface area contributed by atoms with Crippen LogP contribution in [0.5, 0.6) is 5.75 Å². The van der Waals surface area contributed by atoms with Crippen LogP contribution in [0, 0.1) is 3.57 Å². The highest BCUT2D eigenvalue weighted by molar-refractivity contribution is 14.1. The van der Waals surface area contributed by atoms with E-state index in [2.05, 4.69) is 59.6 Å². The molecule has 0 spiro atoms. The number of hydrogen-bond acceptors (Lipinski definition) is 8. The number of nitrogens with zero attached hydrogens (tertiary/aromatic N) is 1. The lowest BCUT2D eigenvalue weighted by atomic mass is 10.0. The van der Waals surface area contributed by atoms with Crippen molar-refractivity contribution in [2.24, 2.45) is 0 Å². The number of hydrazine groups is 1. The zero-order valence-electron chi connectivity index (χ0n) is 29.3. The number of carbonyl (C=O) groups is 4.